The molecule has 1 atom stereocenters. The van der Waals surface area contributed by atoms with E-state index in [1.54, 1.807) is 0 Å². The Balaban J connectivity index is 2.26. The van der Waals surface area contributed by atoms with E-state index in [-0.39, 0.29) is 0 Å². The first-order chi connectivity index (χ1) is 6.09. The summed E-state index contributed by atoms with van der Waals surface area (Å²) in [6.07, 6.45) is -0.799. The van der Waals surface area contributed by atoms with E-state index in [2.05, 4.69) is 27.8 Å². The lowest BCUT2D eigenvalue weighted by atomic mass is 10.3. The van der Waals surface area contributed by atoms with Crippen molar-refractivity contribution in [1.82, 2.24) is 9.80 Å². The fourth-order valence-electron chi connectivity index (χ4n) is 1.48. The average Bonchev–Trinajstić information content (AvgIpc) is 2.04. The SMILES string of the molecule is C[C@@H](Br)CN1CCN(C(=O)O)CC1. The summed E-state index contributed by atoms with van der Waals surface area (Å²) < 4.78 is 0. The maximum atomic E-state index is 10.6. The Bertz CT molecular complexity index is 179. The van der Waals surface area contributed by atoms with Crippen molar-refractivity contribution in [2.24, 2.45) is 0 Å². The maximum Gasteiger partial charge on any atom is 0.407 e. The Morgan fingerprint density at radius 3 is 2.38 bits per heavy atom. The molecule has 1 aliphatic rings. The molecule has 5 heteroatoms. The highest BCUT2D eigenvalue weighted by atomic mass is 79.9. The van der Waals surface area contributed by atoms with Gasteiger partial charge in [-0.2, -0.15) is 0 Å². The molecule has 1 heterocycles. The molecule has 4 nitrogen and oxygen atoms in total. The predicted octanol–water partition coefficient (Wildman–Crippen LogP) is 1.07. The molecule has 0 radical (unpaired) electrons. The minimum atomic E-state index is -0.799. The number of carboxylic acid groups (broad SMARTS) is 1. The molecule has 0 spiro atoms. The Morgan fingerprint density at radius 1 is 1.46 bits per heavy atom. The molecule has 0 aromatic carbocycles. The summed E-state index contributed by atoms with van der Waals surface area (Å²) >= 11 is 3.48. The highest BCUT2D eigenvalue weighted by molar-refractivity contribution is 9.09. The first-order valence-corrected chi connectivity index (χ1v) is 5.35. The zero-order valence-corrected chi connectivity index (χ0v) is 9.33. The van der Waals surface area contributed by atoms with E-state index >= 15 is 0 Å². The highest BCUT2D eigenvalue weighted by Crippen LogP contribution is 2.06. The van der Waals surface area contributed by atoms with Crippen LogP contribution in [0.5, 0.6) is 0 Å². The van der Waals surface area contributed by atoms with Crippen LogP contribution in [0.25, 0.3) is 0 Å². The number of alkyl halides is 1. The molecule has 13 heavy (non-hydrogen) atoms. The van der Waals surface area contributed by atoms with Crippen molar-refractivity contribution in [3.63, 3.8) is 0 Å². The number of hydrogen-bond acceptors (Lipinski definition) is 2. The summed E-state index contributed by atoms with van der Waals surface area (Å²) in [6, 6.07) is 0. The molecule has 1 rings (SSSR count). The van der Waals surface area contributed by atoms with E-state index in [1.165, 1.54) is 4.90 Å². The van der Waals surface area contributed by atoms with E-state index in [4.69, 9.17) is 5.11 Å². The van der Waals surface area contributed by atoms with Gasteiger partial charge in [0.15, 0.2) is 0 Å². The molecule has 0 saturated carbocycles. The lowest BCUT2D eigenvalue weighted by Gasteiger charge is -2.33. The lowest BCUT2D eigenvalue weighted by Crippen LogP contribution is -2.49. The fraction of sp³-hybridized carbons (Fsp3) is 0.875. The smallest absolute Gasteiger partial charge is 0.407 e. The summed E-state index contributed by atoms with van der Waals surface area (Å²) in [7, 11) is 0. The van der Waals surface area contributed by atoms with Gasteiger partial charge in [-0.05, 0) is 0 Å². The molecule has 76 valence electrons. The fourth-order valence-corrected chi connectivity index (χ4v) is 1.89. The van der Waals surface area contributed by atoms with Crippen LogP contribution in [0.3, 0.4) is 0 Å². The van der Waals surface area contributed by atoms with Crippen LogP contribution >= 0.6 is 15.9 Å². The number of piperazine rings is 1. The van der Waals surface area contributed by atoms with Crippen molar-refractivity contribution in [3.05, 3.63) is 0 Å². The topological polar surface area (TPSA) is 43.8 Å². The third-order valence-corrected chi connectivity index (χ3v) is 2.44. The van der Waals surface area contributed by atoms with Gasteiger partial charge in [-0.1, -0.05) is 22.9 Å². The third kappa shape index (κ3) is 3.52. The normalized spacial score (nSPS) is 21.5. The van der Waals surface area contributed by atoms with Crippen molar-refractivity contribution in [2.45, 2.75) is 11.8 Å². The summed E-state index contributed by atoms with van der Waals surface area (Å²) in [5.74, 6) is 0. The van der Waals surface area contributed by atoms with Gasteiger partial charge in [0.25, 0.3) is 0 Å². The first-order valence-electron chi connectivity index (χ1n) is 4.44. The second-order valence-electron chi connectivity index (χ2n) is 3.35. The molecule has 0 aliphatic carbocycles. The van der Waals surface area contributed by atoms with Crippen LogP contribution in [0, 0.1) is 0 Å². The second-order valence-corrected chi connectivity index (χ2v) is 4.91. The summed E-state index contributed by atoms with van der Waals surface area (Å²) in [5, 5.41) is 8.70. The molecule has 0 aromatic heterocycles. The molecule has 0 bridgehead atoms. The summed E-state index contributed by atoms with van der Waals surface area (Å²) in [6.45, 7) is 6.06. The molecular formula is C8H15BrN2O2. The number of halogens is 1. The Kier molecular flexibility index (Phi) is 3.99. The number of rotatable bonds is 2. The van der Waals surface area contributed by atoms with Gasteiger partial charge in [-0.15, -0.1) is 0 Å². The van der Waals surface area contributed by atoms with Crippen molar-refractivity contribution in [1.29, 1.82) is 0 Å². The van der Waals surface area contributed by atoms with E-state index in [9.17, 15) is 4.79 Å². The monoisotopic (exact) mass is 250 g/mol. The molecule has 0 unspecified atom stereocenters. The Morgan fingerprint density at radius 2 is 2.00 bits per heavy atom. The summed E-state index contributed by atoms with van der Waals surface area (Å²) in [5.41, 5.74) is 0. The van der Waals surface area contributed by atoms with E-state index in [0.29, 0.717) is 17.9 Å². The van der Waals surface area contributed by atoms with Crippen molar-refractivity contribution >= 4 is 22.0 Å². The van der Waals surface area contributed by atoms with Crippen LogP contribution in [0.2, 0.25) is 0 Å². The second kappa shape index (κ2) is 4.81. The molecule has 1 amide bonds. The van der Waals surface area contributed by atoms with Gasteiger partial charge < -0.3 is 10.0 Å². The van der Waals surface area contributed by atoms with E-state index in [0.717, 1.165) is 19.6 Å². The van der Waals surface area contributed by atoms with E-state index < -0.39 is 6.09 Å². The molecule has 1 fully saturated rings. The van der Waals surface area contributed by atoms with Gasteiger partial charge >= 0.3 is 6.09 Å². The Labute approximate surface area is 86.6 Å². The minimum absolute atomic E-state index is 0.476. The van der Waals surface area contributed by atoms with Crippen LogP contribution in [0.1, 0.15) is 6.92 Å². The van der Waals surface area contributed by atoms with Gasteiger partial charge in [0.2, 0.25) is 0 Å². The molecule has 0 aromatic rings. The first kappa shape index (κ1) is 10.8. The highest BCUT2D eigenvalue weighted by Gasteiger charge is 2.20. The van der Waals surface area contributed by atoms with Gasteiger partial charge in [0.05, 0.1) is 0 Å². The average molecular weight is 251 g/mol. The Hall–Kier alpha value is -0.290. The van der Waals surface area contributed by atoms with Crippen molar-refractivity contribution in [3.8, 4) is 0 Å². The molecule has 1 aliphatic heterocycles. The summed E-state index contributed by atoms with van der Waals surface area (Å²) in [4.78, 5) is 14.8. The number of nitrogens with zero attached hydrogens (tertiary/aromatic N) is 2. The standard InChI is InChI=1S/C8H15BrN2O2/c1-7(9)6-10-2-4-11(5-3-10)8(12)13/h7H,2-6H2,1H3,(H,12,13)/t7-/m1/s1. The quantitative estimate of drug-likeness (QED) is 0.746. The van der Waals surface area contributed by atoms with Gasteiger partial charge in [0.1, 0.15) is 0 Å². The molecular weight excluding hydrogens is 236 g/mol. The van der Waals surface area contributed by atoms with Crippen LogP contribution in [0.4, 0.5) is 4.79 Å². The van der Waals surface area contributed by atoms with E-state index in [1.807, 2.05) is 0 Å². The number of hydrogen-bond donors (Lipinski definition) is 1. The van der Waals surface area contributed by atoms with Gasteiger partial charge in [-0.25, -0.2) is 4.79 Å². The molecule has 1 N–H and O–H groups in total. The predicted molar refractivity (Wildman–Crippen MR) is 54.4 cm³/mol. The van der Waals surface area contributed by atoms with Crippen molar-refractivity contribution in [2.75, 3.05) is 32.7 Å². The zero-order chi connectivity index (χ0) is 9.84. The third-order valence-electron chi connectivity index (χ3n) is 2.15. The van der Waals surface area contributed by atoms with Crippen LogP contribution in [-0.4, -0.2) is 58.6 Å². The lowest BCUT2D eigenvalue weighted by molar-refractivity contribution is 0.106. The van der Waals surface area contributed by atoms with Crippen LogP contribution in [0.15, 0.2) is 0 Å². The maximum absolute atomic E-state index is 10.6. The van der Waals surface area contributed by atoms with Gasteiger partial charge in [0, 0.05) is 37.6 Å². The van der Waals surface area contributed by atoms with Crippen LogP contribution in [-0.2, 0) is 0 Å². The number of carbonyl (C=O) groups is 1. The van der Waals surface area contributed by atoms with Gasteiger partial charge in [-0.3, -0.25) is 4.90 Å². The van der Waals surface area contributed by atoms with Crippen molar-refractivity contribution < 1.29 is 9.90 Å². The molecule has 1 saturated heterocycles. The zero-order valence-electron chi connectivity index (χ0n) is 7.74. The largest absolute Gasteiger partial charge is 0.465 e. The van der Waals surface area contributed by atoms with Crippen LogP contribution < -0.4 is 0 Å². The number of amides is 1. The minimum Gasteiger partial charge on any atom is -0.465 e.